The average molecular weight is 274 g/mol. The van der Waals surface area contributed by atoms with Crippen molar-refractivity contribution in [2.24, 2.45) is 0 Å². The summed E-state index contributed by atoms with van der Waals surface area (Å²) in [4.78, 5) is 25.1. The Balaban J connectivity index is 2.10. The maximum absolute atomic E-state index is 11.4. The molecule has 20 heavy (non-hydrogen) atoms. The molecule has 0 bridgehead atoms. The van der Waals surface area contributed by atoms with Gasteiger partial charge in [-0.15, -0.1) is 0 Å². The van der Waals surface area contributed by atoms with Crippen LogP contribution >= 0.6 is 0 Å². The molecule has 1 aliphatic heterocycles. The van der Waals surface area contributed by atoms with Gasteiger partial charge in [0.1, 0.15) is 12.7 Å². The van der Waals surface area contributed by atoms with Gasteiger partial charge in [0.2, 0.25) is 11.6 Å². The molecule has 8 nitrogen and oxygen atoms in total. The van der Waals surface area contributed by atoms with Crippen molar-refractivity contribution in [1.29, 1.82) is 0 Å². The first-order valence-electron chi connectivity index (χ1n) is 6.50. The molecule has 3 rings (SSSR count). The average Bonchev–Trinajstić information content (AvgIpc) is 3.01. The van der Waals surface area contributed by atoms with Crippen molar-refractivity contribution >= 4 is 11.5 Å². The van der Waals surface area contributed by atoms with E-state index in [2.05, 4.69) is 15.0 Å². The van der Waals surface area contributed by atoms with E-state index in [4.69, 9.17) is 0 Å². The van der Waals surface area contributed by atoms with Crippen LogP contribution in [0.2, 0.25) is 0 Å². The predicted octanol–water partition coefficient (Wildman–Crippen LogP) is 1.56. The number of piperidine rings is 1. The lowest BCUT2D eigenvalue weighted by Crippen LogP contribution is -2.31. The first-order valence-corrected chi connectivity index (χ1v) is 6.50. The van der Waals surface area contributed by atoms with Gasteiger partial charge >= 0.3 is 5.69 Å². The number of hydrogen-bond donors (Lipinski definition) is 0. The fourth-order valence-corrected chi connectivity index (χ4v) is 2.43. The highest BCUT2D eigenvalue weighted by molar-refractivity contribution is 5.65. The third-order valence-corrected chi connectivity index (χ3v) is 3.37. The van der Waals surface area contributed by atoms with Crippen molar-refractivity contribution in [1.82, 2.24) is 19.5 Å². The quantitative estimate of drug-likeness (QED) is 0.623. The molecule has 1 saturated heterocycles. The van der Waals surface area contributed by atoms with Gasteiger partial charge in [-0.2, -0.15) is 0 Å². The van der Waals surface area contributed by atoms with Crippen LogP contribution in [0.4, 0.5) is 11.5 Å². The first kappa shape index (κ1) is 12.5. The molecule has 0 amide bonds. The fourth-order valence-electron chi connectivity index (χ4n) is 2.43. The Hall–Kier alpha value is -2.51. The zero-order chi connectivity index (χ0) is 13.9. The molecule has 2 aromatic heterocycles. The largest absolute Gasteiger partial charge is 0.354 e. The second-order valence-electron chi connectivity index (χ2n) is 4.64. The summed E-state index contributed by atoms with van der Waals surface area (Å²) in [6.45, 7) is 1.59. The monoisotopic (exact) mass is 274 g/mol. The normalized spacial score (nSPS) is 15.3. The molecule has 0 radical (unpaired) electrons. The summed E-state index contributed by atoms with van der Waals surface area (Å²) in [6, 6.07) is 0. The van der Waals surface area contributed by atoms with E-state index in [1.54, 1.807) is 12.4 Å². The summed E-state index contributed by atoms with van der Waals surface area (Å²) in [7, 11) is 0. The lowest BCUT2D eigenvalue weighted by atomic mass is 10.1. The highest BCUT2D eigenvalue weighted by atomic mass is 16.6. The molecule has 0 N–H and O–H groups in total. The van der Waals surface area contributed by atoms with Gasteiger partial charge in [0.05, 0.1) is 4.92 Å². The van der Waals surface area contributed by atoms with Crippen LogP contribution < -0.4 is 4.90 Å². The second-order valence-corrected chi connectivity index (χ2v) is 4.64. The van der Waals surface area contributed by atoms with E-state index in [0.29, 0.717) is 5.82 Å². The van der Waals surface area contributed by atoms with Crippen LogP contribution in [0.1, 0.15) is 19.3 Å². The second kappa shape index (κ2) is 5.24. The van der Waals surface area contributed by atoms with Gasteiger partial charge in [-0.05, 0) is 19.3 Å². The van der Waals surface area contributed by atoms with Crippen molar-refractivity contribution in [2.75, 3.05) is 18.0 Å². The van der Waals surface area contributed by atoms with Crippen LogP contribution in [0.5, 0.6) is 0 Å². The molecule has 0 unspecified atom stereocenters. The molecule has 0 spiro atoms. The number of aromatic nitrogens is 4. The van der Waals surface area contributed by atoms with Gasteiger partial charge in [0.25, 0.3) is 0 Å². The molecular weight excluding hydrogens is 260 g/mol. The summed E-state index contributed by atoms with van der Waals surface area (Å²) in [6.07, 6.45) is 9.27. The van der Waals surface area contributed by atoms with Crippen LogP contribution in [0.15, 0.2) is 25.0 Å². The van der Waals surface area contributed by atoms with Crippen molar-refractivity contribution in [3.8, 4) is 5.82 Å². The number of hydrogen-bond acceptors (Lipinski definition) is 6. The van der Waals surface area contributed by atoms with Crippen LogP contribution in [-0.4, -0.2) is 37.5 Å². The first-order chi connectivity index (χ1) is 9.77. The minimum atomic E-state index is -0.417. The Labute approximate surface area is 115 Å². The van der Waals surface area contributed by atoms with Crippen molar-refractivity contribution in [2.45, 2.75) is 19.3 Å². The Morgan fingerprint density at radius 3 is 2.55 bits per heavy atom. The van der Waals surface area contributed by atoms with Gasteiger partial charge in [-0.3, -0.25) is 14.7 Å². The Kier molecular flexibility index (Phi) is 3.28. The van der Waals surface area contributed by atoms with Crippen molar-refractivity contribution in [3.05, 3.63) is 35.2 Å². The molecule has 104 valence electrons. The molecule has 3 heterocycles. The number of anilines is 1. The number of nitro groups is 1. The highest BCUT2D eigenvalue weighted by Crippen LogP contribution is 2.31. The van der Waals surface area contributed by atoms with E-state index in [1.807, 2.05) is 4.90 Å². The summed E-state index contributed by atoms with van der Waals surface area (Å²) in [5.41, 5.74) is -0.0626. The van der Waals surface area contributed by atoms with E-state index in [-0.39, 0.29) is 11.5 Å². The van der Waals surface area contributed by atoms with E-state index in [1.165, 1.54) is 17.2 Å². The lowest BCUT2D eigenvalue weighted by Gasteiger charge is -2.27. The Morgan fingerprint density at radius 1 is 1.15 bits per heavy atom. The van der Waals surface area contributed by atoms with Crippen LogP contribution in [0, 0.1) is 10.1 Å². The summed E-state index contributed by atoms with van der Waals surface area (Å²) < 4.78 is 1.53. The molecule has 1 aliphatic rings. The molecule has 1 fully saturated rings. The third kappa shape index (κ3) is 2.20. The van der Waals surface area contributed by atoms with Crippen molar-refractivity contribution < 1.29 is 4.92 Å². The smallest absolute Gasteiger partial charge is 0.351 e. The van der Waals surface area contributed by atoms with Gasteiger partial charge in [-0.25, -0.2) is 15.0 Å². The molecular formula is C12H14N6O2. The van der Waals surface area contributed by atoms with Gasteiger partial charge in [0.15, 0.2) is 0 Å². The SMILES string of the molecule is O=[N+]([O-])c1c(N2CCCCC2)ncnc1-n1ccnc1. The third-order valence-electron chi connectivity index (χ3n) is 3.37. The van der Waals surface area contributed by atoms with E-state index >= 15 is 0 Å². The summed E-state index contributed by atoms with van der Waals surface area (Å²) in [5.74, 6) is 0.650. The predicted molar refractivity (Wildman–Crippen MR) is 71.9 cm³/mol. The minimum Gasteiger partial charge on any atom is -0.351 e. The lowest BCUT2D eigenvalue weighted by molar-refractivity contribution is -0.384. The number of imidazole rings is 1. The van der Waals surface area contributed by atoms with Crippen LogP contribution in [0.25, 0.3) is 5.82 Å². The molecule has 0 aliphatic carbocycles. The molecule has 8 heteroatoms. The zero-order valence-electron chi connectivity index (χ0n) is 10.8. The van der Waals surface area contributed by atoms with E-state index < -0.39 is 4.92 Å². The van der Waals surface area contributed by atoms with Gasteiger partial charge < -0.3 is 4.90 Å². The zero-order valence-corrected chi connectivity index (χ0v) is 10.8. The number of nitrogens with zero attached hydrogens (tertiary/aromatic N) is 6. The summed E-state index contributed by atoms with van der Waals surface area (Å²) >= 11 is 0. The molecule has 0 atom stereocenters. The van der Waals surface area contributed by atoms with Gasteiger partial charge in [-0.1, -0.05) is 0 Å². The minimum absolute atomic E-state index is 0.0626. The van der Waals surface area contributed by atoms with E-state index in [0.717, 1.165) is 32.4 Å². The maximum Gasteiger partial charge on any atom is 0.354 e. The molecule has 2 aromatic rings. The highest BCUT2D eigenvalue weighted by Gasteiger charge is 2.28. The maximum atomic E-state index is 11.4. The Bertz CT molecular complexity index is 606. The van der Waals surface area contributed by atoms with Gasteiger partial charge in [0, 0.05) is 25.5 Å². The number of rotatable bonds is 3. The van der Waals surface area contributed by atoms with Crippen molar-refractivity contribution in [3.63, 3.8) is 0 Å². The topological polar surface area (TPSA) is 90.0 Å². The van der Waals surface area contributed by atoms with E-state index in [9.17, 15) is 10.1 Å². The molecule has 0 saturated carbocycles. The van der Waals surface area contributed by atoms with Crippen LogP contribution in [-0.2, 0) is 0 Å². The molecule has 0 aromatic carbocycles. The standard InChI is InChI=1S/C12H14N6O2/c19-18(20)10-11(16-5-2-1-3-6-16)14-8-15-12(10)17-7-4-13-9-17/h4,7-9H,1-3,5-6H2. The summed E-state index contributed by atoms with van der Waals surface area (Å²) in [5, 5.41) is 11.4. The van der Waals surface area contributed by atoms with Crippen LogP contribution in [0.3, 0.4) is 0 Å². The fraction of sp³-hybridized carbons (Fsp3) is 0.417. The Morgan fingerprint density at radius 2 is 1.90 bits per heavy atom.